The summed E-state index contributed by atoms with van der Waals surface area (Å²) in [4.78, 5) is 2.96. The number of aryl methyl sites for hydroxylation is 1. The second-order valence-electron chi connectivity index (χ2n) is 5.93. The summed E-state index contributed by atoms with van der Waals surface area (Å²) < 4.78 is 39.2. The third-order valence-corrected chi connectivity index (χ3v) is 4.44. The molecule has 2 rings (SSSR count). The van der Waals surface area contributed by atoms with Crippen LogP contribution < -0.4 is 0 Å². The molecule has 0 N–H and O–H groups in total. The first-order valence-corrected chi connectivity index (χ1v) is 7.60. The Balaban J connectivity index is 1.83. The highest BCUT2D eigenvalue weighted by Gasteiger charge is 2.21. The molecule has 1 aromatic heterocycles. The molecule has 0 bridgehead atoms. The Morgan fingerprint density at radius 3 is 2.20 bits per heavy atom. The van der Waals surface area contributed by atoms with E-state index in [1.807, 2.05) is 0 Å². The first-order valence-electron chi connectivity index (χ1n) is 7.60. The van der Waals surface area contributed by atoms with Crippen LogP contribution in [0, 0.1) is 29.5 Å². The molecule has 4 heteroatoms. The van der Waals surface area contributed by atoms with Gasteiger partial charge in [-0.2, -0.15) is 13.8 Å². The van der Waals surface area contributed by atoms with Crippen LogP contribution in [-0.4, -0.2) is 4.98 Å². The molecule has 0 aliphatic heterocycles. The van der Waals surface area contributed by atoms with Crippen molar-refractivity contribution in [3.05, 3.63) is 29.3 Å². The zero-order chi connectivity index (χ0) is 14.5. The number of nitrogens with zero attached hydrogens (tertiary/aromatic N) is 1. The van der Waals surface area contributed by atoms with Gasteiger partial charge in [0.05, 0.1) is 0 Å². The number of rotatable bonds is 5. The fourth-order valence-corrected chi connectivity index (χ4v) is 3.24. The van der Waals surface area contributed by atoms with Gasteiger partial charge in [-0.1, -0.05) is 45.4 Å². The van der Waals surface area contributed by atoms with Gasteiger partial charge in [-0.05, 0) is 30.7 Å². The van der Waals surface area contributed by atoms with Gasteiger partial charge in [0.15, 0.2) is 5.82 Å². The topological polar surface area (TPSA) is 12.9 Å². The van der Waals surface area contributed by atoms with Crippen LogP contribution in [0.3, 0.4) is 0 Å². The molecule has 0 spiro atoms. The Morgan fingerprint density at radius 2 is 1.60 bits per heavy atom. The van der Waals surface area contributed by atoms with E-state index in [1.165, 1.54) is 38.5 Å². The Hall–Kier alpha value is -1.06. The zero-order valence-corrected chi connectivity index (χ0v) is 12.0. The summed E-state index contributed by atoms with van der Waals surface area (Å²) in [6.07, 6.45) is 8.65. The summed E-state index contributed by atoms with van der Waals surface area (Å²) in [5.41, 5.74) is 0.194. The molecular weight excluding hydrogens is 263 g/mol. The second kappa shape index (κ2) is 7.09. The normalized spacial score (nSPS) is 23.0. The predicted molar refractivity (Wildman–Crippen MR) is 72.8 cm³/mol. The molecule has 1 aliphatic carbocycles. The predicted octanol–water partition coefficient (Wildman–Crippen LogP) is 5.04. The van der Waals surface area contributed by atoms with Crippen LogP contribution in [0.2, 0.25) is 0 Å². The van der Waals surface area contributed by atoms with Gasteiger partial charge in [0.2, 0.25) is 5.95 Å². The molecule has 1 aromatic rings. The minimum absolute atomic E-state index is 0.194. The fraction of sp³-hybridized carbons (Fsp3) is 0.688. The van der Waals surface area contributed by atoms with E-state index in [2.05, 4.69) is 11.9 Å². The molecular formula is C16H22F3N. The molecule has 1 heterocycles. The summed E-state index contributed by atoms with van der Waals surface area (Å²) in [6.45, 7) is 2.21. The number of hydrogen-bond donors (Lipinski definition) is 0. The van der Waals surface area contributed by atoms with Crippen LogP contribution in [0.1, 0.15) is 57.4 Å². The highest BCUT2D eigenvalue weighted by Crippen LogP contribution is 2.33. The van der Waals surface area contributed by atoms with Crippen molar-refractivity contribution < 1.29 is 13.2 Å². The van der Waals surface area contributed by atoms with E-state index in [0.717, 1.165) is 18.4 Å². The molecule has 0 atom stereocenters. The molecule has 1 aliphatic rings. The van der Waals surface area contributed by atoms with Crippen molar-refractivity contribution in [3.8, 4) is 0 Å². The summed E-state index contributed by atoms with van der Waals surface area (Å²) in [7, 11) is 0. The van der Waals surface area contributed by atoms with Crippen molar-refractivity contribution in [2.75, 3.05) is 0 Å². The Labute approximate surface area is 118 Å². The molecule has 0 unspecified atom stereocenters. The Kier molecular flexibility index (Phi) is 5.44. The van der Waals surface area contributed by atoms with E-state index in [1.54, 1.807) is 0 Å². The first-order chi connectivity index (χ1) is 9.60. The van der Waals surface area contributed by atoms with E-state index in [0.29, 0.717) is 12.3 Å². The van der Waals surface area contributed by atoms with Crippen LogP contribution >= 0.6 is 0 Å². The minimum Gasteiger partial charge on any atom is -0.202 e. The maximum Gasteiger partial charge on any atom is 0.251 e. The molecule has 0 radical (unpaired) electrons. The Morgan fingerprint density at radius 1 is 1.00 bits per heavy atom. The van der Waals surface area contributed by atoms with Gasteiger partial charge >= 0.3 is 0 Å². The average Bonchev–Trinajstić information content (AvgIpc) is 2.43. The van der Waals surface area contributed by atoms with Crippen molar-refractivity contribution in [1.29, 1.82) is 0 Å². The summed E-state index contributed by atoms with van der Waals surface area (Å²) in [5.74, 6) is -1.86. The molecule has 0 amide bonds. The lowest BCUT2D eigenvalue weighted by Gasteiger charge is -2.28. The number of aromatic nitrogens is 1. The van der Waals surface area contributed by atoms with E-state index in [4.69, 9.17) is 0 Å². The molecule has 20 heavy (non-hydrogen) atoms. The van der Waals surface area contributed by atoms with Crippen LogP contribution in [0.4, 0.5) is 13.2 Å². The second-order valence-corrected chi connectivity index (χ2v) is 5.93. The van der Waals surface area contributed by atoms with Crippen molar-refractivity contribution >= 4 is 0 Å². The molecule has 0 aromatic carbocycles. The summed E-state index contributed by atoms with van der Waals surface area (Å²) >= 11 is 0. The minimum atomic E-state index is -1.36. The van der Waals surface area contributed by atoms with Crippen molar-refractivity contribution in [2.45, 2.75) is 58.3 Å². The largest absolute Gasteiger partial charge is 0.251 e. The monoisotopic (exact) mass is 285 g/mol. The van der Waals surface area contributed by atoms with E-state index in [9.17, 15) is 13.2 Å². The molecule has 112 valence electrons. The maximum absolute atomic E-state index is 13.4. The van der Waals surface area contributed by atoms with Crippen LogP contribution in [-0.2, 0) is 6.42 Å². The highest BCUT2D eigenvalue weighted by molar-refractivity contribution is 5.13. The standard InChI is InChI=1S/C16H22F3N/c1-2-3-11-4-6-12(7-5-11)8-9-13-10-14(17)16(19)20-15(13)18/h10-12H,2-9H2,1H3. The first kappa shape index (κ1) is 15.3. The molecule has 1 nitrogen and oxygen atoms in total. The lowest BCUT2D eigenvalue weighted by Crippen LogP contribution is -2.15. The van der Waals surface area contributed by atoms with Crippen molar-refractivity contribution in [3.63, 3.8) is 0 Å². The highest BCUT2D eigenvalue weighted by atomic mass is 19.2. The van der Waals surface area contributed by atoms with Crippen LogP contribution in [0.15, 0.2) is 6.07 Å². The van der Waals surface area contributed by atoms with Crippen LogP contribution in [0.25, 0.3) is 0 Å². The summed E-state index contributed by atoms with van der Waals surface area (Å²) in [6, 6.07) is 0.945. The molecule has 1 fully saturated rings. The number of hydrogen-bond acceptors (Lipinski definition) is 1. The zero-order valence-electron chi connectivity index (χ0n) is 12.0. The van der Waals surface area contributed by atoms with E-state index < -0.39 is 17.7 Å². The van der Waals surface area contributed by atoms with Gasteiger partial charge in [-0.25, -0.2) is 4.39 Å². The van der Waals surface area contributed by atoms with Crippen molar-refractivity contribution in [1.82, 2.24) is 4.98 Å². The van der Waals surface area contributed by atoms with Gasteiger partial charge in [-0.3, -0.25) is 0 Å². The van der Waals surface area contributed by atoms with Gasteiger partial charge in [0.1, 0.15) is 0 Å². The quantitative estimate of drug-likeness (QED) is 0.691. The van der Waals surface area contributed by atoms with Crippen LogP contribution in [0.5, 0.6) is 0 Å². The Bertz CT molecular complexity index is 440. The lowest BCUT2D eigenvalue weighted by molar-refractivity contribution is 0.251. The number of halogens is 3. The smallest absolute Gasteiger partial charge is 0.202 e. The van der Waals surface area contributed by atoms with Gasteiger partial charge in [0, 0.05) is 5.56 Å². The molecule has 0 saturated heterocycles. The van der Waals surface area contributed by atoms with Crippen molar-refractivity contribution in [2.24, 2.45) is 11.8 Å². The third-order valence-electron chi connectivity index (χ3n) is 4.44. The van der Waals surface area contributed by atoms with Gasteiger partial charge in [0.25, 0.3) is 5.95 Å². The van der Waals surface area contributed by atoms with Gasteiger partial charge in [-0.15, -0.1) is 0 Å². The lowest BCUT2D eigenvalue weighted by atomic mass is 9.78. The van der Waals surface area contributed by atoms with E-state index in [-0.39, 0.29) is 5.56 Å². The third kappa shape index (κ3) is 3.97. The number of pyridine rings is 1. The maximum atomic E-state index is 13.4. The SMILES string of the molecule is CCCC1CCC(CCc2cc(F)c(F)nc2F)CC1. The van der Waals surface area contributed by atoms with E-state index >= 15 is 0 Å². The van der Waals surface area contributed by atoms with Gasteiger partial charge < -0.3 is 0 Å². The fourth-order valence-electron chi connectivity index (χ4n) is 3.24. The summed E-state index contributed by atoms with van der Waals surface area (Å²) in [5, 5.41) is 0. The average molecular weight is 285 g/mol. The molecule has 1 saturated carbocycles.